The number of nitrogens with zero attached hydrogens (tertiary/aromatic N) is 4. The molecule has 1 amide bonds. The zero-order chi connectivity index (χ0) is 14.5. The first-order valence-electron chi connectivity index (χ1n) is 5.87. The van der Waals surface area contributed by atoms with Crippen molar-refractivity contribution in [2.24, 2.45) is 0 Å². The second-order valence-corrected chi connectivity index (χ2v) is 6.35. The van der Waals surface area contributed by atoms with Crippen LogP contribution in [0.1, 0.15) is 12.5 Å². The molecule has 0 radical (unpaired) electrons. The minimum absolute atomic E-state index is 0.0939. The van der Waals surface area contributed by atoms with Gasteiger partial charge in [-0.3, -0.25) is 19.5 Å². The highest BCUT2D eigenvalue weighted by atomic mass is 32.2. The maximum Gasteiger partial charge on any atom is 0.256 e. The van der Waals surface area contributed by atoms with E-state index in [0.29, 0.717) is 10.7 Å². The van der Waals surface area contributed by atoms with Crippen LogP contribution in [-0.4, -0.2) is 31.4 Å². The predicted molar refractivity (Wildman–Crippen MR) is 78.2 cm³/mol. The van der Waals surface area contributed by atoms with E-state index in [4.69, 9.17) is 0 Å². The Bertz CT molecular complexity index is 667. The van der Waals surface area contributed by atoms with Gasteiger partial charge in [0.2, 0.25) is 11.0 Å². The van der Waals surface area contributed by atoms with Gasteiger partial charge in [0.1, 0.15) is 6.54 Å². The normalized spacial score (nSPS) is 10.5. The van der Waals surface area contributed by atoms with Gasteiger partial charge in [-0.15, -0.1) is 10.2 Å². The van der Waals surface area contributed by atoms with Gasteiger partial charge in [-0.2, -0.15) is 0 Å². The fourth-order valence-corrected chi connectivity index (χ4v) is 3.09. The number of aromatic nitrogens is 4. The number of amides is 1. The Labute approximate surface area is 123 Å². The molecular weight excluding hydrogens is 298 g/mol. The van der Waals surface area contributed by atoms with E-state index in [0.717, 1.165) is 10.1 Å². The average molecular weight is 311 g/mol. The molecule has 0 aromatic carbocycles. The third-order valence-electron chi connectivity index (χ3n) is 2.31. The zero-order valence-corrected chi connectivity index (χ0v) is 12.6. The maximum atomic E-state index is 11.8. The lowest BCUT2D eigenvalue weighted by Crippen LogP contribution is -2.28. The molecular formula is C11H13N5O2S2. The summed E-state index contributed by atoms with van der Waals surface area (Å²) in [5, 5.41) is 10.9. The van der Waals surface area contributed by atoms with Crippen molar-refractivity contribution in [3.63, 3.8) is 0 Å². The van der Waals surface area contributed by atoms with E-state index in [2.05, 4.69) is 20.5 Å². The van der Waals surface area contributed by atoms with Crippen LogP contribution in [0, 0.1) is 6.92 Å². The summed E-state index contributed by atoms with van der Waals surface area (Å²) in [5.74, 6) is 0.566. The van der Waals surface area contributed by atoms with Crippen molar-refractivity contribution in [1.82, 2.24) is 19.7 Å². The molecule has 0 saturated heterocycles. The van der Waals surface area contributed by atoms with Crippen LogP contribution in [-0.2, 0) is 11.3 Å². The Kier molecular flexibility index (Phi) is 4.85. The second-order valence-electron chi connectivity index (χ2n) is 3.86. The molecule has 2 heterocycles. The molecule has 0 bridgehead atoms. The van der Waals surface area contributed by atoms with Crippen molar-refractivity contribution < 1.29 is 4.79 Å². The molecule has 2 rings (SSSR count). The Morgan fingerprint density at radius 1 is 1.50 bits per heavy atom. The van der Waals surface area contributed by atoms with E-state index < -0.39 is 0 Å². The first kappa shape index (κ1) is 14.7. The zero-order valence-electron chi connectivity index (χ0n) is 11.0. The molecule has 2 aromatic heterocycles. The molecule has 0 atom stereocenters. The Balaban J connectivity index is 2.01. The van der Waals surface area contributed by atoms with Gasteiger partial charge in [0.15, 0.2) is 4.34 Å². The van der Waals surface area contributed by atoms with E-state index >= 15 is 0 Å². The lowest BCUT2D eigenvalue weighted by Gasteiger charge is -2.04. The molecule has 20 heavy (non-hydrogen) atoms. The third-order valence-corrected chi connectivity index (χ3v) is 4.16. The Hall–Kier alpha value is -1.74. The maximum absolute atomic E-state index is 11.8. The van der Waals surface area contributed by atoms with Crippen LogP contribution in [0.3, 0.4) is 0 Å². The SMILES string of the molecule is CCSc1nnc(NC(=O)Cn2cncc(C)c2=O)s1. The number of thioether (sulfide) groups is 1. The second kappa shape index (κ2) is 6.62. The summed E-state index contributed by atoms with van der Waals surface area (Å²) in [4.78, 5) is 27.5. The predicted octanol–water partition coefficient (Wildman–Crippen LogP) is 1.15. The van der Waals surface area contributed by atoms with Crippen molar-refractivity contribution in [1.29, 1.82) is 0 Å². The van der Waals surface area contributed by atoms with Gasteiger partial charge >= 0.3 is 0 Å². The first-order valence-corrected chi connectivity index (χ1v) is 7.67. The van der Waals surface area contributed by atoms with E-state index in [1.165, 1.54) is 28.4 Å². The molecule has 1 N–H and O–H groups in total. The van der Waals surface area contributed by atoms with Gasteiger partial charge in [0, 0.05) is 11.8 Å². The Morgan fingerprint density at radius 2 is 2.30 bits per heavy atom. The lowest BCUT2D eigenvalue weighted by molar-refractivity contribution is -0.116. The van der Waals surface area contributed by atoms with Crippen LogP contribution in [0.4, 0.5) is 5.13 Å². The number of anilines is 1. The monoisotopic (exact) mass is 311 g/mol. The van der Waals surface area contributed by atoms with Crippen molar-refractivity contribution in [3.8, 4) is 0 Å². The fraction of sp³-hybridized carbons (Fsp3) is 0.364. The van der Waals surface area contributed by atoms with Crippen LogP contribution in [0.25, 0.3) is 0 Å². The summed E-state index contributed by atoms with van der Waals surface area (Å²) in [6.45, 7) is 3.58. The number of hydrogen-bond acceptors (Lipinski definition) is 7. The van der Waals surface area contributed by atoms with Gasteiger partial charge in [-0.1, -0.05) is 30.0 Å². The van der Waals surface area contributed by atoms with Gasteiger partial charge in [-0.05, 0) is 12.7 Å². The Morgan fingerprint density at radius 3 is 3.05 bits per heavy atom. The number of nitrogens with one attached hydrogen (secondary N) is 1. The van der Waals surface area contributed by atoms with Crippen LogP contribution in [0.2, 0.25) is 0 Å². The molecule has 0 aliphatic rings. The van der Waals surface area contributed by atoms with E-state index in [1.54, 1.807) is 18.7 Å². The van der Waals surface area contributed by atoms with Crippen molar-refractivity contribution >= 4 is 34.1 Å². The molecule has 0 aliphatic heterocycles. The molecule has 0 fully saturated rings. The molecule has 0 saturated carbocycles. The third kappa shape index (κ3) is 3.64. The van der Waals surface area contributed by atoms with Crippen LogP contribution in [0.5, 0.6) is 0 Å². The van der Waals surface area contributed by atoms with Crippen molar-refractivity contribution in [2.45, 2.75) is 24.7 Å². The van der Waals surface area contributed by atoms with E-state index in [1.807, 2.05) is 6.92 Å². The molecule has 106 valence electrons. The first-order chi connectivity index (χ1) is 9.60. The van der Waals surface area contributed by atoms with Crippen molar-refractivity contribution in [2.75, 3.05) is 11.1 Å². The quantitative estimate of drug-likeness (QED) is 0.658. The fourth-order valence-electron chi connectivity index (χ4n) is 1.43. The number of rotatable bonds is 5. The van der Waals surface area contributed by atoms with Crippen LogP contribution >= 0.6 is 23.1 Å². The summed E-state index contributed by atoms with van der Waals surface area (Å²) in [6, 6.07) is 0. The number of hydrogen-bond donors (Lipinski definition) is 1. The summed E-state index contributed by atoms with van der Waals surface area (Å²) >= 11 is 2.87. The molecule has 2 aromatic rings. The summed E-state index contributed by atoms with van der Waals surface area (Å²) < 4.78 is 2.06. The van der Waals surface area contributed by atoms with Crippen LogP contribution < -0.4 is 10.9 Å². The smallest absolute Gasteiger partial charge is 0.256 e. The summed E-state index contributed by atoms with van der Waals surface area (Å²) in [7, 11) is 0. The lowest BCUT2D eigenvalue weighted by atomic mass is 10.4. The number of aryl methyl sites for hydroxylation is 1. The van der Waals surface area contributed by atoms with Crippen LogP contribution in [0.15, 0.2) is 21.7 Å². The average Bonchev–Trinajstić information content (AvgIpc) is 2.83. The number of carbonyl (C=O) groups is 1. The van der Waals surface area contributed by atoms with Gasteiger partial charge in [-0.25, -0.2) is 4.98 Å². The minimum Gasteiger partial charge on any atom is -0.299 e. The standard InChI is InChI=1S/C11H13N5O2S2/c1-3-19-11-15-14-10(20-11)13-8(17)5-16-6-12-4-7(2)9(16)18/h4,6H,3,5H2,1-2H3,(H,13,14,17). The van der Waals surface area contributed by atoms with Crippen molar-refractivity contribution in [3.05, 3.63) is 28.4 Å². The summed E-state index contributed by atoms with van der Waals surface area (Å²) in [5.41, 5.74) is 0.271. The molecule has 0 spiro atoms. The van der Waals surface area contributed by atoms with E-state index in [-0.39, 0.29) is 18.0 Å². The highest BCUT2D eigenvalue weighted by Crippen LogP contribution is 2.24. The highest BCUT2D eigenvalue weighted by molar-refractivity contribution is 8.01. The topological polar surface area (TPSA) is 89.8 Å². The summed E-state index contributed by atoms with van der Waals surface area (Å²) in [6.07, 6.45) is 2.81. The van der Waals surface area contributed by atoms with Gasteiger partial charge in [0.25, 0.3) is 5.56 Å². The largest absolute Gasteiger partial charge is 0.299 e. The molecule has 7 nitrogen and oxygen atoms in total. The van der Waals surface area contributed by atoms with Gasteiger partial charge < -0.3 is 0 Å². The molecule has 0 aliphatic carbocycles. The highest BCUT2D eigenvalue weighted by Gasteiger charge is 2.10. The number of carbonyl (C=O) groups excluding carboxylic acids is 1. The molecule has 9 heteroatoms. The minimum atomic E-state index is -0.330. The van der Waals surface area contributed by atoms with Gasteiger partial charge in [0.05, 0.1) is 6.33 Å². The molecule has 0 unspecified atom stereocenters. The van der Waals surface area contributed by atoms with E-state index in [9.17, 15) is 9.59 Å².